The summed E-state index contributed by atoms with van der Waals surface area (Å²) in [5.41, 5.74) is 0. The predicted molar refractivity (Wildman–Crippen MR) is 25.7 cm³/mol. The van der Waals surface area contributed by atoms with E-state index in [0.717, 1.165) is 6.33 Å². The fourth-order valence-electron chi connectivity index (χ4n) is 0.288. The highest BCUT2D eigenvalue weighted by Gasteiger charge is 2.12. The van der Waals surface area contributed by atoms with E-state index in [-0.39, 0.29) is 0 Å². The summed E-state index contributed by atoms with van der Waals surface area (Å²) in [6.45, 7) is 0. The van der Waals surface area contributed by atoms with Gasteiger partial charge in [0.15, 0.2) is 6.33 Å². The number of rotatable bonds is 1. The Labute approximate surface area is 50.7 Å². The van der Waals surface area contributed by atoms with Gasteiger partial charge in [-0.1, -0.05) is 5.16 Å². The molecular weight excluding hydrogens is 146 g/mol. The van der Waals surface area contributed by atoms with Crippen LogP contribution in [0, 0.1) is 0 Å². The summed E-state index contributed by atoms with van der Waals surface area (Å²) in [6.07, 6.45) is 0.958. The Morgan fingerprint density at radius 2 is 2.33 bits per heavy atom. The summed E-state index contributed by atoms with van der Waals surface area (Å²) in [4.78, 5) is 3.20. The van der Waals surface area contributed by atoms with Crippen LogP contribution >= 0.6 is 0 Å². The molecule has 0 spiro atoms. The number of primary sulfonamides is 1. The number of hydrogen-bond donors (Lipinski definition) is 1. The van der Waals surface area contributed by atoms with Crippen LogP contribution in [0.5, 0.6) is 0 Å². The Hall–Kier alpha value is -0.950. The third kappa shape index (κ3) is 1.24. The number of hydrogen-bond acceptors (Lipinski definition) is 5. The zero-order chi connectivity index (χ0) is 6.91. The third-order valence-electron chi connectivity index (χ3n) is 0.584. The van der Waals surface area contributed by atoms with Crippen LogP contribution in [0.1, 0.15) is 0 Å². The molecule has 0 saturated carbocycles. The Bertz CT molecular complexity index is 274. The molecule has 0 amide bonds. The normalized spacial score (nSPS) is 11.7. The van der Waals surface area contributed by atoms with Crippen molar-refractivity contribution < 1.29 is 12.9 Å². The third-order valence-corrected chi connectivity index (χ3v) is 1.25. The minimum Gasteiger partial charge on any atom is -0.321 e. The van der Waals surface area contributed by atoms with Crippen molar-refractivity contribution in [2.45, 2.75) is 5.22 Å². The molecule has 1 rings (SSSR count). The van der Waals surface area contributed by atoms with Crippen molar-refractivity contribution in [3.05, 3.63) is 6.33 Å². The molecule has 0 fully saturated rings. The standard InChI is InChI=1S/C2H3N3O3S/c3-9(6,7)2-4-1-5-8-2/h1H,(H2,3,6,7). The molecule has 9 heavy (non-hydrogen) atoms. The second kappa shape index (κ2) is 1.78. The van der Waals surface area contributed by atoms with Crippen LogP contribution in [0.2, 0.25) is 0 Å². The van der Waals surface area contributed by atoms with Gasteiger partial charge in [0.2, 0.25) is 0 Å². The first kappa shape index (κ1) is 6.17. The maximum atomic E-state index is 10.3. The lowest BCUT2D eigenvalue weighted by atomic mass is 11.3. The Kier molecular flexibility index (Phi) is 1.22. The molecule has 0 bridgehead atoms. The van der Waals surface area contributed by atoms with Crippen molar-refractivity contribution in [2.75, 3.05) is 0 Å². The average molecular weight is 149 g/mol. The van der Waals surface area contributed by atoms with E-state index in [0.29, 0.717) is 0 Å². The molecule has 2 N–H and O–H groups in total. The van der Waals surface area contributed by atoms with E-state index in [9.17, 15) is 8.42 Å². The van der Waals surface area contributed by atoms with Gasteiger partial charge in [-0.25, -0.2) is 13.6 Å². The van der Waals surface area contributed by atoms with Crippen LogP contribution in [0.25, 0.3) is 0 Å². The van der Waals surface area contributed by atoms with E-state index in [1.54, 1.807) is 0 Å². The van der Waals surface area contributed by atoms with Gasteiger partial charge < -0.3 is 4.52 Å². The molecule has 0 unspecified atom stereocenters. The SMILES string of the molecule is NS(=O)(=O)c1ncno1. The van der Waals surface area contributed by atoms with Gasteiger partial charge in [-0.15, -0.1) is 0 Å². The van der Waals surface area contributed by atoms with Crippen LogP contribution in [-0.4, -0.2) is 18.6 Å². The molecule has 7 heteroatoms. The highest BCUT2D eigenvalue weighted by molar-refractivity contribution is 7.88. The fourth-order valence-corrected chi connectivity index (χ4v) is 0.629. The first-order valence-electron chi connectivity index (χ1n) is 1.90. The summed E-state index contributed by atoms with van der Waals surface area (Å²) in [6, 6.07) is 0. The maximum Gasteiger partial charge on any atom is 0.357 e. The van der Waals surface area contributed by atoms with Gasteiger partial charge in [-0.2, -0.15) is 4.98 Å². The first-order chi connectivity index (χ1) is 4.11. The van der Waals surface area contributed by atoms with Gasteiger partial charge >= 0.3 is 5.22 Å². The van der Waals surface area contributed by atoms with Crippen LogP contribution in [0.3, 0.4) is 0 Å². The smallest absolute Gasteiger partial charge is 0.321 e. The van der Waals surface area contributed by atoms with Crippen molar-refractivity contribution in [3.63, 3.8) is 0 Å². The quantitative estimate of drug-likeness (QED) is 0.536. The molecule has 0 saturated heterocycles. The summed E-state index contributed by atoms with van der Waals surface area (Å²) in [5.74, 6) is 0. The van der Waals surface area contributed by atoms with Gasteiger partial charge in [0.1, 0.15) is 0 Å². The first-order valence-corrected chi connectivity index (χ1v) is 3.45. The highest BCUT2D eigenvalue weighted by Crippen LogP contribution is 1.96. The van der Waals surface area contributed by atoms with Crippen LogP contribution < -0.4 is 5.14 Å². The largest absolute Gasteiger partial charge is 0.357 e. The van der Waals surface area contributed by atoms with Gasteiger partial charge in [0.25, 0.3) is 10.0 Å². The summed E-state index contributed by atoms with van der Waals surface area (Å²) in [5, 5.41) is 7.05. The minimum atomic E-state index is -3.80. The lowest BCUT2D eigenvalue weighted by Crippen LogP contribution is -2.12. The van der Waals surface area contributed by atoms with Gasteiger partial charge in [0, 0.05) is 0 Å². The fraction of sp³-hybridized carbons (Fsp3) is 0. The predicted octanol–water partition coefficient (Wildman–Crippen LogP) is -1.28. The Balaban J connectivity index is 3.20. The van der Waals surface area contributed by atoms with E-state index in [2.05, 4.69) is 19.8 Å². The van der Waals surface area contributed by atoms with Crippen molar-refractivity contribution in [1.29, 1.82) is 0 Å². The van der Waals surface area contributed by atoms with E-state index in [4.69, 9.17) is 0 Å². The van der Waals surface area contributed by atoms with Crippen molar-refractivity contribution >= 4 is 10.0 Å². The second-order valence-corrected chi connectivity index (χ2v) is 2.69. The molecule has 0 radical (unpaired) electrons. The number of nitrogens with two attached hydrogens (primary N) is 1. The lowest BCUT2D eigenvalue weighted by molar-refractivity contribution is 0.329. The molecule has 0 aliphatic rings. The maximum absolute atomic E-state index is 10.3. The number of aromatic nitrogens is 2. The molecule has 0 aliphatic carbocycles. The molecule has 50 valence electrons. The Morgan fingerprint density at radius 1 is 1.67 bits per heavy atom. The zero-order valence-corrected chi connectivity index (χ0v) is 5.00. The van der Waals surface area contributed by atoms with Gasteiger partial charge in [0.05, 0.1) is 0 Å². The van der Waals surface area contributed by atoms with Crippen molar-refractivity contribution in [1.82, 2.24) is 10.1 Å². The van der Waals surface area contributed by atoms with E-state index in [1.807, 2.05) is 0 Å². The lowest BCUT2D eigenvalue weighted by Gasteiger charge is -1.82. The van der Waals surface area contributed by atoms with E-state index in [1.165, 1.54) is 0 Å². The molecule has 0 aromatic carbocycles. The average Bonchev–Trinajstić information content (AvgIpc) is 2.08. The molecule has 0 atom stereocenters. The summed E-state index contributed by atoms with van der Waals surface area (Å²) >= 11 is 0. The number of sulfonamides is 1. The molecule has 6 nitrogen and oxygen atoms in total. The van der Waals surface area contributed by atoms with Crippen molar-refractivity contribution in [2.24, 2.45) is 5.14 Å². The number of nitrogens with zero attached hydrogens (tertiary/aromatic N) is 2. The summed E-state index contributed by atoms with van der Waals surface area (Å²) in [7, 11) is -3.80. The van der Waals surface area contributed by atoms with Crippen LogP contribution in [-0.2, 0) is 10.0 Å². The molecule has 0 aliphatic heterocycles. The minimum absolute atomic E-state index is 0.567. The molecular formula is C2H3N3O3S. The van der Waals surface area contributed by atoms with Gasteiger partial charge in [-0.05, 0) is 0 Å². The van der Waals surface area contributed by atoms with E-state index < -0.39 is 15.2 Å². The topological polar surface area (TPSA) is 99.1 Å². The molecule has 1 aromatic rings. The molecule has 1 heterocycles. The van der Waals surface area contributed by atoms with Gasteiger partial charge in [-0.3, -0.25) is 0 Å². The monoisotopic (exact) mass is 149 g/mol. The van der Waals surface area contributed by atoms with Crippen LogP contribution in [0.15, 0.2) is 16.1 Å². The highest BCUT2D eigenvalue weighted by atomic mass is 32.2. The second-order valence-electron chi connectivity index (χ2n) is 1.25. The van der Waals surface area contributed by atoms with Crippen LogP contribution in [0.4, 0.5) is 0 Å². The Morgan fingerprint density at radius 3 is 2.56 bits per heavy atom. The zero-order valence-electron chi connectivity index (χ0n) is 4.18. The van der Waals surface area contributed by atoms with E-state index >= 15 is 0 Å². The summed E-state index contributed by atoms with van der Waals surface area (Å²) < 4.78 is 24.7. The molecule has 1 aromatic heterocycles. The van der Waals surface area contributed by atoms with Crippen molar-refractivity contribution in [3.8, 4) is 0 Å².